The molecule has 0 saturated carbocycles. The van der Waals surface area contributed by atoms with Gasteiger partial charge in [-0.1, -0.05) is 55.5 Å². The van der Waals surface area contributed by atoms with Gasteiger partial charge >= 0.3 is 0 Å². The number of benzene rings is 2. The minimum absolute atomic E-state index is 0.251. The topological polar surface area (TPSA) is 17.1 Å². The Labute approximate surface area is 121 Å². The van der Waals surface area contributed by atoms with Gasteiger partial charge < -0.3 is 0 Å². The van der Waals surface area contributed by atoms with Crippen LogP contribution in [0.3, 0.4) is 0 Å². The second-order valence-electron chi connectivity index (χ2n) is 5.25. The monoisotopic (exact) mass is 266 g/mol. The molecule has 2 aromatic carbocycles. The van der Waals surface area contributed by atoms with Gasteiger partial charge in [0.25, 0.3) is 0 Å². The molecule has 0 aliphatic carbocycles. The number of Topliss-reactive ketones (excluding diaryl/α,β-unsaturated/α-hetero) is 1. The van der Waals surface area contributed by atoms with Gasteiger partial charge in [-0.15, -0.1) is 0 Å². The van der Waals surface area contributed by atoms with Crippen LogP contribution < -0.4 is 0 Å². The summed E-state index contributed by atoms with van der Waals surface area (Å²) in [5.74, 6) is 0.251. The number of ketones is 1. The molecule has 0 aliphatic heterocycles. The predicted octanol–water partition coefficient (Wildman–Crippen LogP) is 4.76. The number of rotatable bonds is 6. The zero-order valence-corrected chi connectivity index (χ0v) is 12.4. The largest absolute Gasteiger partial charge is 0.294 e. The highest BCUT2D eigenvalue weighted by Gasteiger charge is 2.06. The number of hydrogen-bond acceptors (Lipinski definition) is 1. The lowest BCUT2D eigenvalue weighted by atomic mass is 9.99. The van der Waals surface area contributed by atoms with Crippen molar-refractivity contribution in [3.05, 3.63) is 70.8 Å². The second kappa shape index (κ2) is 7.04. The highest BCUT2D eigenvalue weighted by Crippen LogP contribution is 2.13. The second-order valence-corrected chi connectivity index (χ2v) is 5.25. The van der Waals surface area contributed by atoms with E-state index in [4.69, 9.17) is 0 Å². The molecule has 1 heteroatoms. The minimum atomic E-state index is 0.251. The van der Waals surface area contributed by atoms with E-state index in [-0.39, 0.29) is 5.78 Å². The van der Waals surface area contributed by atoms with Crippen molar-refractivity contribution in [2.75, 3.05) is 0 Å². The van der Waals surface area contributed by atoms with Crippen molar-refractivity contribution in [1.29, 1.82) is 0 Å². The number of carbonyl (C=O) groups excluding carboxylic acids is 1. The van der Waals surface area contributed by atoms with E-state index in [1.807, 2.05) is 12.1 Å². The lowest BCUT2D eigenvalue weighted by molar-refractivity contribution is 0.0980. The molecule has 0 unspecified atom stereocenters. The molecule has 0 saturated heterocycles. The van der Waals surface area contributed by atoms with Gasteiger partial charge in [-0.25, -0.2) is 0 Å². The molecular formula is C19H22O. The van der Waals surface area contributed by atoms with E-state index in [1.54, 1.807) is 0 Å². The molecule has 0 spiro atoms. The fraction of sp³-hybridized carbons (Fsp3) is 0.316. The Balaban J connectivity index is 1.87. The number of hydrogen-bond donors (Lipinski definition) is 0. The van der Waals surface area contributed by atoms with Crippen LogP contribution >= 0.6 is 0 Å². The fourth-order valence-electron chi connectivity index (χ4n) is 2.40. The van der Waals surface area contributed by atoms with Gasteiger partial charge in [0.05, 0.1) is 0 Å². The van der Waals surface area contributed by atoms with Gasteiger partial charge in [0.2, 0.25) is 0 Å². The van der Waals surface area contributed by atoms with Crippen LogP contribution in [0.1, 0.15) is 46.8 Å². The molecule has 104 valence electrons. The Morgan fingerprint density at radius 2 is 1.70 bits per heavy atom. The average molecular weight is 266 g/mol. The SMILES string of the molecule is CCc1ccc(C(=O)CCCc2ccccc2C)cc1. The van der Waals surface area contributed by atoms with E-state index in [9.17, 15) is 4.79 Å². The Kier molecular flexibility index (Phi) is 5.11. The van der Waals surface area contributed by atoms with Crippen molar-refractivity contribution in [3.63, 3.8) is 0 Å². The molecule has 0 N–H and O–H groups in total. The van der Waals surface area contributed by atoms with Gasteiger partial charge in [0.1, 0.15) is 0 Å². The third kappa shape index (κ3) is 3.80. The molecule has 2 aromatic rings. The number of carbonyl (C=O) groups is 1. The predicted molar refractivity (Wildman–Crippen MR) is 84.3 cm³/mol. The number of aryl methyl sites for hydroxylation is 3. The maximum Gasteiger partial charge on any atom is 0.162 e. The molecule has 0 atom stereocenters. The maximum atomic E-state index is 12.1. The van der Waals surface area contributed by atoms with Gasteiger partial charge in [-0.2, -0.15) is 0 Å². The van der Waals surface area contributed by atoms with Crippen LogP contribution in [0.25, 0.3) is 0 Å². The van der Waals surface area contributed by atoms with Crippen molar-refractivity contribution < 1.29 is 4.79 Å². The zero-order valence-electron chi connectivity index (χ0n) is 12.4. The van der Waals surface area contributed by atoms with Crippen LogP contribution in [0.15, 0.2) is 48.5 Å². The third-order valence-corrected chi connectivity index (χ3v) is 3.80. The van der Waals surface area contributed by atoms with Gasteiger partial charge in [-0.3, -0.25) is 4.79 Å². The van der Waals surface area contributed by atoms with E-state index in [2.05, 4.69) is 50.2 Å². The average Bonchev–Trinajstić information content (AvgIpc) is 2.49. The van der Waals surface area contributed by atoms with Crippen LogP contribution in [0.5, 0.6) is 0 Å². The molecule has 2 rings (SSSR count). The molecule has 0 bridgehead atoms. The van der Waals surface area contributed by atoms with E-state index in [1.165, 1.54) is 16.7 Å². The Bertz CT molecular complexity index is 567. The van der Waals surface area contributed by atoms with E-state index in [0.29, 0.717) is 6.42 Å². The molecule has 0 aromatic heterocycles. The van der Waals surface area contributed by atoms with Crippen LogP contribution in [0.4, 0.5) is 0 Å². The summed E-state index contributed by atoms with van der Waals surface area (Å²) in [5.41, 5.74) is 4.78. The zero-order chi connectivity index (χ0) is 14.4. The summed E-state index contributed by atoms with van der Waals surface area (Å²) >= 11 is 0. The van der Waals surface area contributed by atoms with Crippen molar-refractivity contribution in [3.8, 4) is 0 Å². The third-order valence-electron chi connectivity index (χ3n) is 3.80. The summed E-state index contributed by atoms with van der Waals surface area (Å²) in [5, 5.41) is 0. The first-order valence-corrected chi connectivity index (χ1v) is 7.37. The van der Waals surface area contributed by atoms with Crippen molar-refractivity contribution >= 4 is 5.78 Å². The normalized spacial score (nSPS) is 10.5. The molecule has 1 nitrogen and oxygen atoms in total. The maximum absolute atomic E-state index is 12.1. The standard InChI is InChI=1S/C19H22O/c1-3-16-11-13-18(14-12-16)19(20)10-6-9-17-8-5-4-7-15(17)2/h4-5,7-8,11-14H,3,6,9-10H2,1-2H3. The molecule has 0 heterocycles. The summed E-state index contributed by atoms with van der Waals surface area (Å²) in [7, 11) is 0. The Morgan fingerprint density at radius 1 is 1.00 bits per heavy atom. The van der Waals surface area contributed by atoms with Crippen LogP contribution in [0.2, 0.25) is 0 Å². The van der Waals surface area contributed by atoms with Crippen LogP contribution in [-0.4, -0.2) is 5.78 Å². The summed E-state index contributed by atoms with van der Waals surface area (Å²) in [6.45, 7) is 4.25. The first kappa shape index (κ1) is 14.5. The molecule has 20 heavy (non-hydrogen) atoms. The molecule has 0 fully saturated rings. The van der Waals surface area contributed by atoms with Crippen molar-refractivity contribution in [2.45, 2.75) is 39.5 Å². The van der Waals surface area contributed by atoms with Crippen molar-refractivity contribution in [2.24, 2.45) is 0 Å². The lowest BCUT2D eigenvalue weighted by Gasteiger charge is -2.05. The van der Waals surface area contributed by atoms with Crippen molar-refractivity contribution in [1.82, 2.24) is 0 Å². The Morgan fingerprint density at radius 3 is 2.35 bits per heavy atom. The van der Waals surface area contributed by atoms with Gasteiger partial charge in [-0.05, 0) is 42.9 Å². The van der Waals surface area contributed by atoms with Crippen LogP contribution in [-0.2, 0) is 12.8 Å². The summed E-state index contributed by atoms with van der Waals surface area (Å²) in [4.78, 5) is 12.1. The van der Waals surface area contributed by atoms with E-state index < -0.39 is 0 Å². The summed E-state index contributed by atoms with van der Waals surface area (Å²) in [6, 6.07) is 16.4. The van der Waals surface area contributed by atoms with Crippen LogP contribution in [0, 0.1) is 6.92 Å². The summed E-state index contributed by atoms with van der Waals surface area (Å²) < 4.78 is 0. The fourth-order valence-corrected chi connectivity index (χ4v) is 2.40. The highest BCUT2D eigenvalue weighted by molar-refractivity contribution is 5.96. The molecule has 0 radical (unpaired) electrons. The first-order valence-electron chi connectivity index (χ1n) is 7.37. The first-order chi connectivity index (χ1) is 9.70. The molecule has 0 aliphatic rings. The molecular weight excluding hydrogens is 244 g/mol. The van der Waals surface area contributed by atoms with Gasteiger partial charge in [0.15, 0.2) is 5.78 Å². The van der Waals surface area contributed by atoms with Gasteiger partial charge in [0, 0.05) is 12.0 Å². The lowest BCUT2D eigenvalue weighted by Crippen LogP contribution is -2.00. The molecule has 0 amide bonds. The van der Waals surface area contributed by atoms with E-state index >= 15 is 0 Å². The quantitative estimate of drug-likeness (QED) is 0.689. The van der Waals surface area contributed by atoms with E-state index in [0.717, 1.165) is 24.8 Å². The Hall–Kier alpha value is -1.89. The minimum Gasteiger partial charge on any atom is -0.294 e. The summed E-state index contributed by atoms with van der Waals surface area (Å²) in [6.07, 6.45) is 3.53. The highest BCUT2D eigenvalue weighted by atomic mass is 16.1. The smallest absolute Gasteiger partial charge is 0.162 e.